The van der Waals surface area contributed by atoms with Crippen molar-refractivity contribution in [3.8, 4) is 0 Å². The maximum absolute atomic E-state index is 11.7. The summed E-state index contributed by atoms with van der Waals surface area (Å²) < 4.78 is 5.92. The second-order valence-electron chi connectivity index (χ2n) is 3.48. The van der Waals surface area contributed by atoms with Gasteiger partial charge in [-0.2, -0.15) is 0 Å². The van der Waals surface area contributed by atoms with E-state index in [4.69, 9.17) is 4.74 Å². The Bertz CT molecular complexity index is 362. The fraction of sp³-hybridized carbons (Fsp3) is 0.500. The molecule has 0 aromatic carbocycles. The van der Waals surface area contributed by atoms with Gasteiger partial charge < -0.3 is 10.1 Å². The summed E-state index contributed by atoms with van der Waals surface area (Å²) >= 11 is 4.68. The van der Waals surface area contributed by atoms with Crippen LogP contribution in [0, 0.1) is 5.41 Å². The van der Waals surface area contributed by atoms with Crippen LogP contribution in [-0.4, -0.2) is 24.1 Å². The van der Waals surface area contributed by atoms with E-state index in [1.807, 2.05) is 6.92 Å². The van der Waals surface area contributed by atoms with Crippen LogP contribution in [0.3, 0.4) is 0 Å². The van der Waals surface area contributed by atoms with Crippen molar-refractivity contribution in [2.24, 2.45) is 5.41 Å². The van der Waals surface area contributed by atoms with Crippen LogP contribution in [0.5, 0.6) is 0 Å². The zero-order valence-electron chi connectivity index (χ0n) is 7.54. The van der Waals surface area contributed by atoms with Crippen LogP contribution in [0.15, 0.2) is 9.98 Å². The van der Waals surface area contributed by atoms with E-state index in [0.29, 0.717) is 18.3 Å². The highest BCUT2D eigenvalue weighted by atomic mass is 79.9. The number of carbonyl (C=O) groups excluding carboxylic acids is 1. The fourth-order valence-electron chi connectivity index (χ4n) is 1.10. The van der Waals surface area contributed by atoms with Crippen molar-refractivity contribution in [2.45, 2.75) is 6.92 Å². The van der Waals surface area contributed by atoms with Gasteiger partial charge in [0.1, 0.15) is 0 Å². The zero-order chi connectivity index (χ0) is 10.2. The van der Waals surface area contributed by atoms with E-state index < -0.39 is 0 Å². The Hall–Kier alpha value is -0.460. The highest BCUT2D eigenvalue weighted by Crippen LogP contribution is 2.30. The molecule has 0 bridgehead atoms. The Labute approximate surface area is 93.8 Å². The molecular formula is C8H9BrN2O2S. The number of amides is 1. The van der Waals surface area contributed by atoms with Crippen LogP contribution >= 0.6 is 27.3 Å². The van der Waals surface area contributed by atoms with E-state index in [9.17, 15) is 4.79 Å². The first-order valence-corrected chi connectivity index (χ1v) is 5.72. The molecule has 0 atom stereocenters. The molecule has 6 heteroatoms. The number of hydrogen-bond acceptors (Lipinski definition) is 4. The van der Waals surface area contributed by atoms with E-state index in [1.54, 1.807) is 6.20 Å². The molecule has 76 valence electrons. The molecule has 2 heterocycles. The summed E-state index contributed by atoms with van der Waals surface area (Å²) in [6.45, 7) is 2.87. The SMILES string of the molecule is CC1(C(=O)Nc2ncc(Br)s2)COC1. The number of carbonyl (C=O) groups is 1. The summed E-state index contributed by atoms with van der Waals surface area (Å²) in [7, 11) is 0. The molecule has 1 saturated heterocycles. The molecule has 1 aliphatic heterocycles. The number of thiazole rings is 1. The topological polar surface area (TPSA) is 51.2 Å². The Kier molecular flexibility index (Phi) is 2.59. The number of anilines is 1. The van der Waals surface area contributed by atoms with Crippen LogP contribution < -0.4 is 5.32 Å². The third-order valence-corrected chi connectivity index (χ3v) is 3.48. The molecule has 14 heavy (non-hydrogen) atoms. The number of ether oxygens (including phenoxy) is 1. The van der Waals surface area contributed by atoms with Crippen molar-refractivity contribution >= 4 is 38.3 Å². The normalized spacial score (nSPS) is 18.7. The summed E-state index contributed by atoms with van der Waals surface area (Å²) in [5.41, 5.74) is -0.377. The van der Waals surface area contributed by atoms with Crippen molar-refractivity contribution in [3.63, 3.8) is 0 Å². The minimum atomic E-state index is -0.377. The van der Waals surface area contributed by atoms with E-state index in [1.165, 1.54) is 11.3 Å². The number of halogens is 1. The van der Waals surface area contributed by atoms with Crippen LogP contribution in [-0.2, 0) is 9.53 Å². The predicted molar refractivity (Wildman–Crippen MR) is 57.4 cm³/mol. The fourth-order valence-corrected chi connectivity index (χ4v) is 2.20. The first-order valence-electron chi connectivity index (χ1n) is 4.11. The first-order chi connectivity index (χ1) is 6.60. The minimum Gasteiger partial charge on any atom is -0.379 e. The molecule has 1 aromatic rings. The van der Waals surface area contributed by atoms with Gasteiger partial charge >= 0.3 is 0 Å². The Morgan fingerprint density at radius 1 is 1.79 bits per heavy atom. The number of hydrogen-bond donors (Lipinski definition) is 1. The van der Waals surface area contributed by atoms with Crippen LogP contribution in [0.1, 0.15) is 6.92 Å². The van der Waals surface area contributed by atoms with E-state index in [-0.39, 0.29) is 11.3 Å². The molecule has 0 aliphatic carbocycles. The van der Waals surface area contributed by atoms with Crippen LogP contribution in [0.4, 0.5) is 5.13 Å². The van der Waals surface area contributed by atoms with Gasteiger partial charge in [-0.1, -0.05) is 11.3 Å². The molecule has 1 fully saturated rings. The van der Waals surface area contributed by atoms with Crippen LogP contribution in [0.2, 0.25) is 0 Å². The van der Waals surface area contributed by atoms with Crippen molar-refractivity contribution in [1.82, 2.24) is 4.98 Å². The van der Waals surface area contributed by atoms with E-state index in [0.717, 1.165) is 3.79 Å². The monoisotopic (exact) mass is 276 g/mol. The van der Waals surface area contributed by atoms with Crippen LogP contribution in [0.25, 0.3) is 0 Å². The van der Waals surface area contributed by atoms with Gasteiger partial charge in [0.25, 0.3) is 0 Å². The Balaban J connectivity index is 2.01. The van der Waals surface area contributed by atoms with Gasteiger partial charge in [0.2, 0.25) is 5.91 Å². The Morgan fingerprint density at radius 2 is 2.50 bits per heavy atom. The number of nitrogens with zero attached hydrogens (tertiary/aromatic N) is 1. The third kappa shape index (κ3) is 1.82. The predicted octanol–water partition coefficient (Wildman–Crippen LogP) is 1.88. The molecule has 2 rings (SSSR count). The summed E-state index contributed by atoms with van der Waals surface area (Å²) in [5.74, 6) is -0.0226. The van der Waals surface area contributed by atoms with E-state index in [2.05, 4.69) is 26.2 Å². The van der Waals surface area contributed by atoms with Crippen molar-refractivity contribution in [3.05, 3.63) is 9.98 Å². The molecule has 4 nitrogen and oxygen atoms in total. The van der Waals surface area contributed by atoms with Gasteiger partial charge in [0.05, 0.1) is 28.6 Å². The van der Waals surface area contributed by atoms with Crippen molar-refractivity contribution in [1.29, 1.82) is 0 Å². The van der Waals surface area contributed by atoms with Gasteiger partial charge in [-0.15, -0.1) is 0 Å². The average Bonchev–Trinajstić information content (AvgIpc) is 2.47. The van der Waals surface area contributed by atoms with Crippen molar-refractivity contribution < 1.29 is 9.53 Å². The maximum Gasteiger partial charge on any atom is 0.236 e. The molecule has 0 unspecified atom stereocenters. The zero-order valence-corrected chi connectivity index (χ0v) is 9.94. The molecule has 1 aliphatic rings. The largest absolute Gasteiger partial charge is 0.379 e. The average molecular weight is 277 g/mol. The summed E-state index contributed by atoms with van der Waals surface area (Å²) in [6.07, 6.45) is 1.67. The van der Waals surface area contributed by atoms with Gasteiger partial charge in [0.15, 0.2) is 5.13 Å². The third-order valence-electron chi connectivity index (χ3n) is 2.09. The molecule has 1 N–H and O–H groups in total. The summed E-state index contributed by atoms with van der Waals surface area (Å²) in [5, 5.41) is 3.38. The smallest absolute Gasteiger partial charge is 0.236 e. The standard InChI is InChI=1S/C8H9BrN2O2S/c1-8(3-13-4-8)6(12)11-7-10-2-5(9)14-7/h2H,3-4H2,1H3,(H,10,11,12). The van der Waals surface area contributed by atoms with Crippen molar-refractivity contribution in [2.75, 3.05) is 18.5 Å². The molecule has 0 radical (unpaired) electrons. The lowest BCUT2D eigenvalue weighted by atomic mass is 9.88. The lowest BCUT2D eigenvalue weighted by Gasteiger charge is -2.35. The maximum atomic E-state index is 11.7. The summed E-state index contributed by atoms with van der Waals surface area (Å²) in [4.78, 5) is 15.7. The quantitative estimate of drug-likeness (QED) is 0.898. The number of aromatic nitrogens is 1. The molecule has 1 aromatic heterocycles. The second-order valence-corrected chi connectivity index (χ2v) is 5.89. The lowest BCUT2D eigenvalue weighted by molar-refractivity contribution is -0.151. The highest BCUT2D eigenvalue weighted by molar-refractivity contribution is 9.11. The first kappa shape index (κ1) is 10.1. The Morgan fingerprint density at radius 3 is 2.93 bits per heavy atom. The van der Waals surface area contributed by atoms with Gasteiger partial charge in [-0.05, 0) is 22.9 Å². The number of rotatable bonds is 2. The molecular weight excluding hydrogens is 268 g/mol. The summed E-state index contributed by atoms with van der Waals surface area (Å²) in [6, 6.07) is 0. The van der Waals surface area contributed by atoms with Gasteiger partial charge in [-0.3, -0.25) is 4.79 Å². The number of nitrogens with one attached hydrogen (secondary N) is 1. The lowest BCUT2D eigenvalue weighted by Crippen LogP contribution is -2.49. The van der Waals surface area contributed by atoms with Gasteiger partial charge in [-0.25, -0.2) is 4.98 Å². The minimum absolute atomic E-state index is 0.0226. The van der Waals surface area contributed by atoms with Gasteiger partial charge in [0, 0.05) is 0 Å². The molecule has 1 amide bonds. The molecule has 0 spiro atoms. The van der Waals surface area contributed by atoms with E-state index >= 15 is 0 Å². The highest BCUT2D eigenvalue weighted by Gasteiger charge is 2.41. The second kappa shape index (κ2) is 3.60. The molecule has 0 saturated carbocycles.